The molecule has 0 spiro atoms. The van der Waals surface area contributed by atoms with Gasteiger partial charge in [0.15, 0.2) is 0 Å². The molecule has 1 aliphatic carbocycles. The second kappa shape index (κ2) is 3.89. The first kappa shape index (κ1) is 9.97. The summed E-state index contributed by atoms with van der Waals surface area (Å²) >= 11 is 6.03. The molecule has 2 unspecified atom stereocenters. The molecular formula is C10H16ClN3. The number of hydrogen-bond acceptors (Lipinski definition) is 2. The Bertz CT molecular complexity index is 321. The van der Waals surface area contributed by atoms with Crippen molar-refractivity contribution in [2.24, 2.45) is 5.92 Å². The van der Waals surface area contributed by atoms with Crippen LogP contribution in [0, 0.1) is 5.92 Å². The molecule has 1 aromatic heterocycles. The van der Waals surface area contributed by atoms with E-state index in [0.29, 0.717) is 11.3 Å². The highest BCUT2D eigenvalue weighted by molar-refractivity contribution is 6.28. The standard InChI is InChI=1S/C10H16ClN3/c1-3-5-9-12-13-10(11)14(9)8-6-7(8)4-2/h7-8H,3-6H2,1-2H3. The van der Waals surface area contributed by atoms with Gasteiger partial charge < -0.3 is 0 Å². The SMILES string of the molecule is CCCc1nnc(Cl)n1C1CC1CC. The highest BCUT2D eigenvalue weighted by Crippen LogP contribution is 2.47. The van der Waals surface area contributed by atoms with Crippen LogP contribution in [-0.2, 0) is 6.42 Å². The van der Waals surface area contributed by atoms with Crippen LogP contribution >= 0.6 is 11.6 Å². The zero-order valence-electron chi connectivity index (χ0n) is 8.70. The average molecular weight is 214 g/mol. The van der Waals surface area contributed by atoms with Gasteiger partial charge in [-0.3, -0.25) is 4.57 Å². The van der Waals surface area contributed by atoms with Gasteiger partial charge in [-0.05, 0) is 30.4 Å². The minimum atomic E-state index is 0.564. The third-order valence-electron chi connectivity index (χ3n) is 2.94. The molecule has 2 rings (SSSR count). The van der Waals surface area contributed by atoms with Crippen molar-refractivity contribution in [3.63, 3.8) is 0 Å². The van der Waals surface area contributed by atoms with Gasteiger partial charge in [0.25, 0.3) is 0 Å². The van der Waals surface area contributed by atoms with Gasteiger partial charge in [-0.15, -0.1) is 10.2 Å². The van der Waals surface area contributed by atoms with E-state index in [9.17, 15) is 0 Å². The Hall–Kier alpha value is -0.570. The molecule has 1 aromatic rings. The number of nitrogens with zero attached hydrogens (tertiary/aromatic N) is 3. The summed E-state index contributed by atoms with van der Waals surface area (Å²) < 4.78 is 2.12. The van der Waals surface area contributed by atoms with Crippen molar-refractivity contribution in [3.05, 3.63) is 11.1 Å². The van der Waals surface area contributed by atoms with E-state index >= 15 is 0 Å². The summed E-state index contributed by atoms with van der Waals surface area (Å²) in [4.78, 5) is 0. The van der Waals surface area contributed by atoms with Crippen molar-refractivity contribution in [2.75, 3.05) is 0 Å². The molecule has 14 heavy (non-hydrogen) atoms. The van der Waals surface area contributed by atoms with Crippen LogP contribution in [-0.4, -0.2) is 14.8 Å². The van der Waals surface area contributed by atoms with E-state index in [0.717, 1.165) is 24.6 Å². The molecule has 1 saturated carbocycles. The fourth-order valence-corrected chi connectivity index (χ4v) is 2.27. The lowest BCUT2D eigenvalue weighted by atomic mass is 10.3. The van der Waals surface area contributed by atoms with Gasteiger partial charge in [-0.2, -0.15) is 0 Å². The highest BCUT2D eigenvalue weighted by Gasteiger charge is 2.39. The monoisotopic (exact) mass is 213 g/mol. The van der Waals surface area contributed by atoms with Gasteiger partial charge in [0.1, 0.15) is 5.82 Å². The quantitative estimate of drug-likeness (QED) is 0.770. The molecule has 0 N–H and O–H groups in total. The second-order valence-electron chi connectivity index (χ2n) is 3.98. The smallest absolute Gasteiger partial charge is 0.225 e. The van der Waals surface area contributed by atoms with Gasteiger partial charge in [0.05, 0.1) is 0 Å². The third-order valence-corrected chi connectivity index (χ3v) is 3.20. The molecule has 0 aromatic carbocycles. The zero-order chi connectivity index (χ0) is 10.1. The normalized spacial score (nSPS) is 25.4. The minimum absolute atomic E-state index is 0.564. The van der Waals surface area contributed by atoms with Crippen LogP contribution in [0.25, 0.3) is 0 Å². The topological polar surface area (TPSA) is 30.7 Å². The summed E-state index contributed by atoms with van der Waals surface area (Å²) in [6, 6.07) is 0.573. The first-order valence-corrected chi connectivity index (χ1v) is 5.75. The molecule has 3 nitrogen and oxygen atoms in total. The average Bonchev–Trinajstić information content (AvgIpc) is 2.86. The molecule has 1 heterocycles. The van der Waals surface area contributed by atoms with Crippen LogP contribution in [0.1, 0.15) is 45.0 Å². The Morgan fingerprint density at radius 3 is 2.79 bits per heavy atom. The van der Waals surface area contributed by atoms with Gasteiger partial charge in [-0.1, -0.05) is 20.3 Å². The molecule has 0 radical (unpaired) electrons. The zero-order valence-corrected chi connectivity index (χ0v) is 9.46. The lowest BCUT2D eigenvalue weighted by molar-refractivity contribution is 0.606. The number of hydrogen-bond donors (Lipinski definition) is 0. The number of aromatic nitrogens is 3. The molecular weight excluding hydrogens is 198 g/mol. The van der Waals surface area contributed by atoms with E-state index < -0.39 is 0 Å². The second-order valence-corrected chi connectivity index (χ2v) is 4.31. The van der Waals surface area contributed by atoms with E-state index in [1.165, 1.54) is 12.8 Å². The van der Waals surface area contributed by atoms with Crippen LogP contribution < -0.4 is 0 Å². The Balaban J connectivity index is 2.19. The van der Waals surface area contributed by atoms with Crippen molar-refractivity contribution in [2.45, 2.75) is 45.6 Å². The van der Waals surface area contributed by atoms with Crippen molar-refractivity contribution in [3.8, 4) is 0 Å². The lowest BCUT2D eigenvalue weighted by Crippen LogP contribution is -2.03. The molecule has 2 atom stereocenters. The fourth-order valence-electron chi connectivity index (χ4n) is 2.01. The predicted molar refractivity (Wildman–Crippen MR) is 56.5 cm³/mol. The van der Waals surface area contributed by atoms with Gasteiger partial charge in [0.2, 0.25) is 5.28 Å². The van der Waals surface area contributed by atoms with Crippen molar-refractivity contribution in [1.29, 1.82) is 0 Å². The van der Waals surface area contributed by atoms with E-state index in [-0.39, 0.29) is 0 Å². The summed E-state index contributed by atoms with van der Waals surface area (Å²) in [5, 5.41) is 8.62. The van der Waals surface area contributed by atoms with Crippen molar-refractivity contribution in [1.82, 2.24) is 14.8 Å². The largest absolute Gasteiger partial charge is 0.298 e. The maximum absolute atomic E-state index is 6.03. The van der Waals surface area contributed by atoms with E-state index in [2.05, 4.69) is 28.6 Å². The van der Waals surface area contributed by atoms with Crippen LogP contribution in [0.2, 0.25) is 5.28 Å². The van der Waals surface area contributed by atoms with Crippen LogP contribution in [0.4, 0.5) is 0 Å². The first-order valence-electron chi connectivity index (χ1n) is 5.37. The Kier molecular flexibility index (Phi) is 2.77. The van der Waals surface area contributed by atoms with Crippen LogP contribution in [0.15, 0.2) is 0 Å². The molecule has 4 heteroatoms. The predicted octanol–water partition coefficient (Wildman–Crippen LogP) is 2.86. The molecule has 0 amide bonds. The van der Waals surface area contributed by atoms with E-state index in [4.69, 9.17) is 11.6 Å². The Morgan fingerprint density at radius 1 is 1.43 bits per heavy atom. The summed E-state index contributed by atoms with van der Waals surface area (Å²) in [6.45, 7) is 4.37. The molecule has 0 aliphatic heterocycles. The maximum atomic E-state index is 6.03. The fraction of sp³-hybridized carbons (Fsp3) is 0.800. The van der Waals surface area contributed by atoms with E-state index in [1.807, 2.05) is 0 Å². The lowest BCUT2D eigenvalue weighted by Gasteiger charge is -2.05. The molecule has 0 saturated heterocycles. The van der Waals surface area contributed by atoms with Crippen molar-refractivity contribution < 1.29 is 0 Å². The Labute approximate surface area is 89.5 Å². The molecule has 1 fully saturated rings. The molecule has 1 aliphatic rings. The number of halogens is 1. The highest BCUT2D eigenvalue weighted by atomic mass is 35.5. The molecule has 0 bridgehead atoms. The van der Waals surface area contributed by atoms with Crippen LogP contribution in [0.3, 0.4) is 0 Å². The van der Waals surface area contributed by atoms with Crippen molar-refractivity contribution >= 4 is 11.6 Å². The van der Waals surface area contributed by atoms with E-state index in [1.54, 1.807) is 0 Å². The van der Waals surface area contributed by atoms with Crippen LogP contribution in [0.5, 0.6) is 0 Å². The first-order chi connectivity index (χ1) is 6.77. The number of aryl methyl sites for hydroxylation is 1. The molecule has 78 valence electrons. The minimum Gasteiger partial charge on any atom is -0.298 e. The number of rotatable bonds is 4. The maximum Gasteiger partial charge on any atom is 0.225 e. The third kappa shape index (κ3) is 1.65. The summed E-state index contributed by atoms with van der Waals surface area (Å²) in [6.07, 6.45) is 4.54. The summed E-state index contributed by atoms with van der Waals surface area (Å²) in [5.74, 6) is 1.84. The summed E-state index contributed by atoms with van der Waals surface area (Å²) in [5.41, 5.74) is 0. The van der Waals surface area contributed by atoms with Gasteiger partial charge >= 0.3 is 0 Å². The summed E-state index contributed by atoms with van der Waals surface area (Å²) in [7, 11) is 0. The van der Waals surface area contributed by atoms with Gasteiger partial charge in [0, 0.05) is 12.5 Å². The Morgan fingerprint density at radius 2 is 2.21 bits per heavy atom. The van der Waals surface area contributed by atoms with Gasteiger partial charge in [-0.25, -0.2) is 0 Å².